The van der Waals surface area contributed by atoms with Crippen LogP contribution in [0.3, 0.4) is 0 Å². The van der Waals surface area contributed by atoms with Gasteiger partial charge in [0.25, 0.3) is 0 Å². The van der Waals surface area contributed by atoms with Crippen LogP contribution in [0.25, 0.3) is 6.08 Å². The van der Waals surface area contributed by atoms with Crippen LogP contribution in [-0.2, 0) is 4.74 Å². The fourth-order valence-corrected chi connectivity index (χ4v) is 5.24. The van der Waals surface area contributed by atoms with E-state index in [0.717, 1.165) is 26.3 Å². The number of hydrogen-bond donors (Lipinski definition) is 0. The van der Waals surface area contributed by atoms with Crippen LogP contribution in [0.1, 0.15) is 37.0 Å². The molecule has 1 saturated heterocycles. The van der Waals surface area contributed by atoms with E-state index in [9.17, 15) is 0 Å². The van der Waals surface area contributed by atoms with Gasteiger partial charge < -0.3 is 9.64 Å². The zero-order chi connectivity index (χ0) is 15.6. The zero-order valence-corrected chi connectivity index (χ0v) is 15.7. The SMILES string of the molecule is Brc1ccc(/C=C2\CCC(C3=CCCC3)=C2N2CCOCC2)s1. The molecule has 2 nitrogen and oxygen atoms in total. The molecule has 23 heavy (non-hydrogen) atoms. The molecule has 4 heteroatoms. The van der Waals surface area contributed by atoms with E-state index in [1.807, 2.05) is 11.3 Å². The van der Waals surface area contributed by atoms with Gasteiger partial charge in [0.1, 0.15) is 0 Å². The van der Waals surface area contributed by atoms with Gasteiger partial charge in [-0.15, -0.1) is 11.3 Å². The number of hydrogen-bond acceptors (Lipinski definition) is 3. The number of thiophene rings is 1. The highest BCUT2D eigenvalue weighted by atomic mass is 79.9. The summed E-state index contributed by atoms with van der Waals surface area (Å²) in [6.45, 7) is 3.76. The van der Waals surface area contributed by atoms with E-state index in [-0.39, 0.29) is 0 Å². The minimum absolute atomic E-state index is 0.855. The van der Waals surface area contributed by atoms with E-state index in [0.29, 0.717) is 0 Å². The Morgan fingerprint density at radius 1 is 1.13 bits per heavy atom. The molecule has 1 fully saturated rings. The maximum absolute atomic E-state index is 5.57. The summed E-state index contributed by atoms with van der Waals surface area (Å²) < 4.78 is 6.78. The van der Waals surface area contributed by atoms with Gasteiger partial charge in [0.15, 0.2) is 0 Å². The monoisotopic (exact) mass is 391 g/mol. The highest BCUT2D eigenvalue weighted by Crippen LogP contribution is 2.42. The summed E-state index contributed by atoms with van der Waals surface area (Å²) in [7, 11) is 0. The third-order valence-electron chi connectivity index (χ3n) is 4.90. The normalized spacial score (nSPS) is 24.0. The average molecular weight is 392 g/mol. The van der Waals surface area contributed by atoms with Crippen molar-refractivity contribution < 1.29 is 4.74 Å². The van der Waals surface area contributed by atoms with Crippen LogP contribution >= 0.6 is 27.3 Å². The zero-order valence-electron chi connectivity index (χ0n) is 13.3. The Kier molecular flexibility index (Phi) is 4.74. The first-order valence-electron chi connectivity index (χ1n) is 8.53. The van der Waals surface area contributed by atoms with Crippen molar-refractivity contribution in [3.05, 3.63) is 49.3 Å². The van der Waals surface area contributed by atoms with Crippen molar-refractivity contribution in [1.82, 2.24) is 4.90 Å². The quantitative estimate of drug-likeness (QED) is 0.684. The maximum atomic E-state index is 5.57. The first kappa shape index (κ1) is 15.7. The molecule has 3 aliphatic rings. The van der Waals surface area contributed by atoms with Crippen LogP contribution in [-0.4, -0.2) is 31.2 Å². The van der Waals surface area contributed by atoms with Gasteiger partial charge in [0, 0.05) is 23.7 Å². The Hall–Kier alpha value is -0.840. The molecular formula is C19H22BrNOS. The number of nitrogens with zero attached hydrogens (tertiary/aromatic N) is 1. The summed E-state index contributed by atoms with van der Waals surface area (Å²) in [5.74, 6) is 0. The summed E-state index contributed by atoms with van der Waals surface area (Å²) in [4.78, 5) is 3.92. The molecule has 0 amide bonds. The first-order valence-corrected chi connectivity index (χ1v) is 10.1. The number of halogens is 1. The standard InChI is InChI=1S/C19H22BrNOS/c20-18-8-6-16(23-18)13-15-5-7-17(14-3-1-2-4-14)19(15)21-9-11-22-12-10-21/h3,6,8,13H,1-2,4-5,7,9-12H2/b15-13+. The molecule has 0 radical (unpaired) electrons. The van der Waals surface area contributed by atoms with Gasteiger partial charge in [-0.2, -0.15) is 0 Å². The van der Waals surface area contributed by atoms with Crippen molar-refractivity contribution in [2.45, 2.75) is 32.1 Å². The molecule has 1 aliphatic heterocycles. The molecule has 0 N–H and O–H groups in total. The van der Waals surface area contributed by atoms with Gasteiger partial charge in [0.2, 0.25) is 0 Å². The number of allylic oxidation sites excluding steroid dienone is 4. The van der Waals surface area contributed by atoms with E-state index in [1.54, 1.807) is 11.1 Å². The van der Waals surface area contributed by atoms with Crippen molar-refractivity contribution in [3.8, 4) is 0 Å². The van der Waals surface area contributed by atoms with Crippen LogP contribution in [0.5, 0.6) is 0 Å². The Balaban J connectivity index is 1.72. The van der Waals surface area contributed by atoms with Gasteiger partial charge in [-0.3, -0.25) is 0 Å². The van der Waals surface area contributed by atoms with E-state index >= 15 is 0 Å². The maximum Gasteiger partial charge on any atom is 0.0704 e. The minimum atomic E-state index is 0.855. The Bertz CT molecular complexity index is 679. The molecule has 0 unspecified atom stereocenters. The van der Waals surface area contributed by atoms with Crippen molar-refractivity contribution in [2.24, 2.45) is 0 Å². The molecule has 4 rings (SSSR count). The van der Waals surface area contributed by atoms with Gasteiger partial charge >= 0.3 is 0 Å². The lowest BCUT2D eigenvalue weighted by atomic mass is 10.0. The number of ether oxygens (including phenoxy) is 1. The first-order chi connectivity index (χ1) is 11.3. The second kappa shape index (κ2) is 6.96. The summed E-state index contributed by atoms with van der Waals surface area (Å²) in [5.41, 5.74) is 6.27. The predicted molar refractivity (Wildman–Crippen MR) is 101 cm³/mol. The molecule has 0 saturated carbocycles. The highest BCUT2D eigenvalue weighted by molar-refractivity contribution is 9.11. The van der Waals surface area contributed by atoms with Crippen LogP contribution in [0.15, 0.2) is 44.4 Å². The van der Waals surface area contributed by atoms with Crippen LogP contribution in [0, 0.1) is 0 Å². The summed E-state index contributed by atoms with van der Waals surface area (Å²) in [5, 5.41) is 0. The van der Waals surface area contributed by atoms with E-state index in [4.69, 9.17) is 4.74 Å². The fourth-order valence-electron chi connectivity index (χ4n) is 3.85. The molecule has 2 heterocycles. The Morgan fingerprint density at radius 2 is 2.00 bits per heavy atom. The van der Waals surface area contributed by atoms with E-state index in [2.05, 4.69) is 45.1 Å². The molecule has 122 valence electrons. The van der Waals surface area contributed by atoms with Crippen LogP contribution in [0.2, 0.25) is 0 Å². The molecule has 1 aromatic rings. The van der Waals surface area contributed by atoms with Crippen LogP contribution < -0.4 is 0 Å². The van der Waals surface area contributed by atoms with Gasteiger partial charge in [0.05, 0.1) is 17.0 Å². The second-order valence-corrected chi connectivity index (χ2v) is 8.85. The molecule has 0 aromatic carbocycles. The topological polar surface area (TPSA) is 12.5 Å². The average Bonchev–Trinajstić information content (AvgIpc) is 3.29. The van der Waals surface area contributed by atoms with E-state index in [1.165, 1.54) is 52.0 Å². The highest BCUT2D eigenvalue weighted by Gasteiger charge is 2.28. The molecule has 1 aromatic heterocycles. The number of rotatable bonds is 3. The number of morpholine rings is 1. The summed E-state index contributed by atoms with van der Waals surface area (Å²) in [6.07, 6.45) is 11.1. The molecule has 0 bridgehead atoms. The lowest BCUT2D eigenvalue weighted by Gasteiger charge is -2.32. The largest absolute Gasteiger partial charge is 0.378 e. The lowest BCUT2D eigenvalue weighted by Crippen LogP contribution is -2.36. The van der Waals surface area contributed by atoms with Crippen LogP contribution in [0.4, 0.5) is 0 Å². The smallest absolute Gasteiger partial charge is 0.0704 e. The predicted octanol–water partition coefficient (Wildman–Crippen LogP) is 5.38. The summed E-state index contributed by atoms with van der Waals surface area (Å²) >= 11 is 5.40. The van der Waals surface area contributed by atoms with E-state index < -0.39 is 0 Å². The molecule has 0 spiro atoms. The Morgan fingerprint density at radius 3 is 2.70 bits per heavy atom. The Labute approximate surface area is 150 Å². The summed E-state index contributed by atoms with van der Waals surface area (Å²) in [6, 6.07) is 4.36. The third kappa shape index (κ3) is 3.35. The van der Waals surface area contributed by atoms with Crippen molar-refractivity contribution in [1.29, 1.82) is 0 Å². The molecule has 2 aliphatic carbocycles. The molecular weight excluding hydrogens is 370 g/mol. The lowest BCUT2D eigenvalue weighted by molar-refractivity contribution is 0.0547. The minimum Gasteiger partial charge on any atom is -0.378 e. The fraction of sp³-hybridized carbons (Fsp3) is 0.474. The van der Waals surface area contributed by atoms with Gasteiger partial charge in [-0.1, -0.05) is 6.08 Å². The third-order valence-corrected chi connectivity index (χ3v) is 6.47. The van der Waals surface area contributed by atoms with Crippen molar-refractivity contribution in [2.75, 3.05) is 26.3 Å². The second-order valence-electron chi connectivity index (χ2n) is 6.36. The van der Waals surface area contributed by atoms with Gasteiger partial charge in [-0.05, 0) is 83.0 Å². The van der Waals surface area contributed by atoms with Crippen molar-refractivity contribution in [3.63, 3.8) is 0 Å². The van der Waals surface area contributed by atoms with Crippen molar-refractivity contribution >= 4 is 33.3 Å². The molecule has 0 atom stereocenters. The van der Waals surface area contributed by atoms with Gasteiger partial charge in [-0.25, -0.2) is 0 Å².